The second-order valence-corrected chi connectivity index (χ2v) is 7.55. The van der Waals surface area contributed by atoms with Crippen molar-refractivity contribution in [3.63, 3.8) is 0 Å². The van der Waals surface area contributed by atoms with E-state index in [1.165, 1.54) is 0 Å². The molecule has 1 unspecified atom stereocenters. The van der Waals surface area contributed by atoms with Crippen LogP contribution in [-0.2, 0) is 4.79 Å². The standard InChI is InChI=1S/C16H25NO2/c1-11-8-12-9-14(18)13-4-2-6-17-7-3-5-15(12,13)16(17,19)10-11/h11-13,19H,2-10H2,1H3/t11-,12+,13+,15-,16+/m1/s1. The molecule has 3 nitrogen and oxygen atoms in total. The van der Waals surface area contributed by atoms with E-state index in [0.29, 0.717) is 17.6 Å². The molecule has 0 aromatic carbocycles. The van der Waals surface area contributed by atoms with Crippen molar-refractivity contribution in [3.05, 3.63) is 0 Å². The molecule has 3 heteroatoms. The van der Waals surface area contributed by atoms with E-state index in [1.807, 2.05) is 0 Å². The number of rotatable bonds is 0. The first-order valence-corrected chi connectivity index (χ1v) is 8.08. The molecule has 2 aliphatic carbocycles. The molecule has 6 atom stereocenters. The molecule has 0 radical (unpaired) electrons. The van der Waals surface area contributed by atoms with Crippen molar-refractivity contribution in [1.29, 1.82) is 0 Å². The summed E-state index contributed by atoms with van der Waals surface area (Å²) in [7, 11) is 0. The smallest absolute Gasteiger partial charge is 0.137 e. The molecular formula is C16H25NO2. The molecular weight excluding hydrogens is 238 g/mol. The van der Waals surface area contributed by atoms with Gasteiger partial charge in [-0.15, -0.1) is 0 Å². The number of aliphatic hydroxyl groups is 1. The molecule has 106 valence electrons. The normalized spacial score (nSPS) is 56.6. The number of hydrogen-bond donors (Lipinski definition) is 1. The molecule has 4 rings (SSSR count). The highest BCUT2D eigenvalue weighted by atomic mass is 16.3. The van der Waals surface area contributed by atoms with Crippen LogP contribution in [0.3, 0.4) is 0 Å². The number of carbonyl (C=O) groups is 1. The van der Waals surface area contributed by atoms with Gasteiger partial charge in [-0.25, -0.2) is 0 Å². The Hall–Kier alpha value is -0.410. The van der Waals surface area contributed by atoms with E-state index in [9.17, 15) is 9.90 Å². The fourth-order valence-electron chi connectivity index (χ4n) is 6.23. The van der Waals surface area contributed by atoms with E-state index < -0.39 is 5.72 Å². The topological polar surface area (TPSA) is 40.5 Å². The maximum Gasteiger partial charge on any atom is 0.137 e. The van der Waals surface area contributed by atoms with Gasteiger partial charge in [0.1, 0.15) is 11.5 Å². The van der Waals surface area contributed by atoms with Crippen LogP contribution in [0.25, 0.3) is 0 Å². The third-order valence-electron chi connectivity index (χ3n) is 6.71. The van der Waals surface area contributed by atoms with Crippen LogP contribution in [0, 0.1) is 23.2 Å². The molecule has 1 N–H and O–H groups in total. The molecule has 1 spiro atoms. The number of hydrogen-bond acceptors (Lipinski definition) is 3. The van der Waals surface area contributed by atoms with Gasteiger partial charge < -0.3 is 5.11 Å². The number of piperidine rings is 1. The van der Waals surface area contributed by atoms with Crippen LogP contribution in [0.1, 0.15) is 51.9 Å². The summed E-state index contributed by atoms with van der Waals surface area (Å²) in [5.74, 6) is 1.61. The zero-order valence-electron chi connectivity index (χ0n) is 11.9. The zero-order chi connectivity index (χ0) is 13.3. The van der Waals surface area contributed by atoms with E-state index in [1.54, 1.807) is 0 Å². The minimum absolute atomic E-state index is 0.0919. The lowest BCUT2D eigenvalue weighted by molar-refractivity contribution is -0.264. The Labute approximate surface area is 115 Å². The van der Waals surface area contributed by atoms with Crippen molar-refractivity contribution >= 4 is 5.78 Å². The maximum absolute atomic E-state index is 12.5. The molecule has 19 heavy (non-hydrogen) atoms. The van der Waals surface area contributed by atoms with Crippen LogP contribution in [0.4, 0.5) is 0 Å². The maximum atomic E-state index is 12.5. The van der Waals surface area contributed by atoms with Crippen LogP contribution in [0.5, 0.6) is 0 Å². The minimum atomic E-state index is -0.680. The number of ketones is 1. The highest BCUT2D eigenvalue weighted by Crippen LogP contribution is 2.66. The summed E-state index contributed by atoms with van der Waals surface area (Å²) in [6.45, 7) is 4.27. The molecule has 0 aromatic rings. The number of nitrogens with zero attached hydrogens (tertiary/aromatic N) is 1. The summed E-state index contributed by atoms with van der Waals surface area (Å²) in [5.41, 5.74) is -0.772. The van der Waals surface area contributed by atoms with E-state index in [0.717, 1.165) is 58.0 Å². The molecule has 0 amide bonds. The second kappa shape index (κ2) is 3.82. The average Bonchev–Trinajstić information content (AvgIpc) is 2.59. The molecule has 2 heterocycles. The van der Waals surface area contributed by atoms with Crippen LogP contribution < -0.4 is 0 Å². The molecule has 2 bridgehead atoms. The van der Waals surface area contributed by atoms with Crippen LogP contribution in [0.2, 0.25) is 0 Å². The highest BCUT2D eigenvalue weighted by molar-refractivity contribution is 5.85. The van der Waals surface area contributed by atoms with Gasteiger partial charge in [-0.1, -0.05) is 6.92 Å². The monoisotopic (exact) mass is 263 g/mol. The van der Waals surface area contributed by atoms with E-state index in [-0.39, 0.29) is 11.3 Å². The Morgan fingerprint density at radius 2 is 2.11 bits per heavy atom. The fraction of sp³-hybridized carbons (Fsp3) is 0.938. The lowest BCUT2D eigenvalue weighted by Crippen LogP contribution is -2.68. The summed E-state index contributed by atoms with van der Waals surface area (Å²) in [4.78, 5) is 14.9. The Balaban J connectivity index is 1.90. The summed E-state index contributed by atoms with van der Waals surface area (Å²) < 4.78 is 0. The van der Waals surface area contributed by atoms with Crippen molar-refractivity contribution in [2.24, 2.45) is 23.2 Å². The Morgan fingerprint density at radius 3 is 2.95 bits per heavy atom. The predicted octanol–water partition coefficient (Wildman–Crippen LogP) is 2.19. The first kappa shape index (κ1) is 12.3. The van der Waals surface area contributed by atoms with Crippen molar-refractivity contribution in [2.45, 2.75) is 57.6 Å². The van der Waals surface area contributed by atoms with Crippen LogP contribution in [-0.4, -0.2) is 34.6 Å². The Bertz CT molecular complexity index is 423. The minimum Gasteiger partial charge on any atom is -0.375 e. The molecule has 4 fully saturated rings. The number of carbonyl (C=O) groups excluding carboxylic acids is 1. The molecule has 4 aliphatic rings. The summed E-state index contributed by atoms with van der Waals surface area (Å²) in [5, 5.41) is 11.6. The molecule has 2 aliphatic heterocycles. The van der Waals surface area contributed by atoms with Gasteiger partial charge in [0, 0.05) is 30.8 Å². The quantitative estimate of drug-likeness (QED) is 0.728. The van der Waals surface area contributed by atoms with Crippen molar-refractivity contribution in [2.75, 3.05) is 13.1 Å². The van der Waals surface area contributed by atoms with Crippen molar-refractivity contribution in [1.82, 2.24) is 4.90 Å². The van der Waals surface area contributed by atoms with Gasteiger partial charge in [-0.05, 0) is 50.4 Å². The molecule has 2 saturated heterocycles. The lowest BCUT2D eigenvalue weighted by Gasteiger charge is -2.61. The summed E-state index contributed by atoms with van der Waals surface area (Å²) >= 11 is 0. The van der Waals surface area contributed by atoms with Crippen LogP contribution >= 0.6 is 0 Å². The predicted molar refractivity (Wildman–Crippen MR) is 72.4 cm³/mol. The van der Waals surface area contributed by atoms with Gasteiger partial charge >= 0.3 is 0 Å². The van der Waals surface area contributed by atoms with E-state index >= 15 is 0 Å². The van der Waals surface area contributed by atoms with Gasteiger partial charge in [0.2, 0.25) is 0 Å². The number of Topliss-reactive ketones (excluding diaryl/α,β-unsaturated/α-hetero) is 1. The summed E-state index contributed by atoms with van der Waals surface area (Å²) in [6, 6.07) is 0. The molecule has 0 aromatic heterocycles. The zero-order valence-corrected chi connectivity index (χ0v) is 11.9. The van der Waals surface area contributed by atoms with Gasteiger partial charge in [0.15, 0.2) is 0 Å². The third-order valence-corrected chi connectivity index (χ3v) is 6.71. The third kappa shape index (κ3) is 1.33. The Morgan fingerprint density at radius 1 is 1.32 bits per heavy atom. The fourth-order valence-corrected chi connectivity index (χ4v) is 6.23. The van der Waals surface area contributed by atoms with Crippen molar-refractivity contribution in [3.8, 4) is 0 Å². The largest absolute Gasteiger partial charge is 0.375 e. The Kier molecular flexibility index (Phi) is 2.48. The first-order valence-electron chi connectivity index (χ1n) is 8.08. The van der Waals surface area contributed by atoms with Gasteiger partial charge in [-0.2, -0.15) is 0 Å². The van der Waals surface area contributed by atoms with Gasteiger partial charge in [0.05, 0.1) is 0 Å². The summed E-state index contributed by atoms with van der Waals surface area (Å²) in [6.07, 6.45) is 7.12. The molecule has 2 saturated carbocycles. The second-order valence-electron chi connectivity index (χ2n) is 7.55. The van der Waals surface area contributed by atoms with Crippen molar-refractivity contribution < 1.29 is 9.90 Å². The first-order chi connectivity index (χ1) is 9.08. The van der Waals surface area contributed by atoms with Gasteiger partial charge in [0.25, 0.3) is 0 Å². The highest BCUT2D eigenvalue weighted by Gasteiger charge is 2.69. The van der Waals surface area contributed by atoms with E-state index in [2.05, 4.69) is 11.8 Å². The van der Waals surface area contributed by atoms with Crippen LogP contribution in [0.15, 0.2) is 0 Å². The van der Waals surface area contributed by atoms with E-state index in [4.69, 9.17) is 0 Å². The lowest BCUT2D eigenvalue weighted by atomic mass is 9.53. The average molecular weight is 263 g/mol. The SMILES string of the molecule is C[C@@H]1C[C@H]2CC(=O)[C@@H]3CCCN4CCC[C@@]23[C@@]4(O)C1. The van der Waals surface area contributed by atoms with Gasteiger partial charge in [-0.3, -0.25) is 9.69 Å².